The van der Waals surface area contributed by atoms with Gasteiger partial charge in [0.25, 0.3) is 0 Å². The lowest BCUT2D eigenvalue weighted by Crippen LogP contribution is -2.11. The summed E-state index contributed by atoms with van der Waals surface area (Å²) in [6, 6.07) is 2.01. The van der Waals surface area contributed by atoms with Crippen LogP contribution in [0.2, 0.25) is 0 Å². The summed E-state index contributed by atoms with van der Waals surface area (Å²) in [5, 5.41) is 0. The number of esters is 1. The fourth-order valence-corrected chi connectivity index (χ4v) is 4.55. The number of ether oxygens (including phenoxy) is 2. The van der Waals surface area contributed by atoms with Gasteiger partial charge in [-0.2, -0.15) is 17.5 Å². The zero-order valence-electron chi connectivity index (χ0n) is 16.9. The van der Waals surface area contributed by atoms with E-state index in [0.717, 1.165) is 37.8 Å². The van der Waals surface area contributed by atoms with E-state index in [4.69, 9.17) is 9.47 Å². The van der Waals surface area contributed by atoms with Gasteiger partial charge in [-0.1, -0.05) is 12.8 Å². The van der Waals surface area contributed by atoms with Crippen LogP contribution in [0.25, 0.3) is 0 Å². The Morgan fingerprint density at radius 3 is 2.42 bits per heavy atom. The molecule has 1 aromatic heterocycles. The second-order valence-corrected chi connectivity index (χ2v) is 8.11. The first-order valence-corrected chi connectivity index (χ1v) is 10.8. The highest BCUT2D eigenvalue weighted by molar-refractivity contribution is 7.06. The molecule has 10 heteroatoms. The Hall–Kier alpha value is -2.23. The Morgan fingerprint density at radius 2 is 1.84 bits per heavy atom. The molecule has 0 atom stereocenters. The van der Waals surface area contributed by atoms with Crippen LogP contribution in [-0.4, -0.2) is 16.9 Å². The molecular weight excluding hydrogens is 441 g/mol. The normalized spacial score (nSPS) is 14.8. The molecule has 1 aliphatic carbocycles. The van der Waals surface area contributed by atoms with Crippen molar-refractivity contribution in [2.24, 2.45) is 0 Å². The molecule has 1 heterocycles. The number of aryl methyl sites for hydroxylation is 1. The summed E-state index contributed by atoms with van der Waals surface area (Å²) < 4.78 is 83.1. The Morgan fingerprint density at radius 1 is 1.19 bits per heavy atom. The molecule has 0 aliphatic heterocycles. The number of carbonyl (C=O) groups excluding carboxylic acids is 1. The fraction of sp³-hybridized carbons (Fsp3) is 0.524. The molecule has 0 unspecified atom stereocenters. The van der Waals surface area contributed by atoms with Gasteiger partial charge in [0.05, 0.1) is 12.3 Å². The quantitative estimate of drug-likeness (QED) is 0.347. The number of rotatable bonds is 8. The zero-order valence-corrected chi connectivity index (χ0v) is 17.7. The summed E-state index contributed by atoms with van der Waals surface area (Å²) in [4.78, 5) is 10.5. The number of halogens is 5. The number of nitrogens with zero attached hydrogens (tertiary/aromatic N) is 1. The van der Waals surface area contributed by atoms with E-state index in [0.29, 0.717) is 17.2 Å². The van der Waals surface area contributed by atoms with Crippen LogP contribution in [0.5, 0.6) is 5.75 Å². The van der Waals surface area contributed by atoms with E-state index in [1.54, 1.807) is 6.92 Å². The predicted molar refractivity (Wildman–Crippen MR) is 104 cm³/mol. The molecule has 4 nitrogen and oxygen atoms in total. The van der Waals surface area contributed by atoms with Crippen molar-refractivity contribution in [2.45, 2.75) is 64.1 Å². The summed E-state index contributed by atoms with van der Waals surface area (Å²) in [6.45, 7) is 1.22. The van der Waals surface area contributed by atoms with Gasteiger partial charge in [-0.15, -0.1) is 0 Å². The van der Waals surface area contributed by atoms with Crippen molar-refractivity contribution in [3.63, 3.8) is 0 Å². The van der Waals surface area contributed by atoms with Crippen molar-refractivity contribution in [3.8, 4) is 5.75 Å². The van der Waals surface area contributed by atoms with Gasteiger partial charge in [0.2, 0.25) is 0 Å². The smallest absolute Gasteiger partial charge is 0.427 e. The fourth-order valence-electron chi connectivity index (χ4n) is 3.72. The minimum Gasteiger partial charge on any atom is -0.483 e. The minimum atomic E-state index is -4.62. The molecule has 0 saturated heterocycles. The van der Waals surface area contributed by atoms with Crippen molar-refractivity contribution >= 4 is 17.5 Å². The van der Waals surface area contributed by atoms with Crippen LogP contribution in [0, 0.1) is 11.6 Å². The van der Waals surface area contributed by atoms with Crippen LogP contribution in [0.15, 0.2) is 12.1 Å². The Balaban J connectivity index is 1.78. The second-order valence-electron chi connectivity index (χ2n) is 7.34. The van der Waals surface area contributed by atoms with E-state index in [9.17, 15) is 26.7 Å². The van der Waals surface area contributed by atoms with Crippen LogP contribution in [-0.2, 0) is 28.7 Å². The van der Waals surface area contributed by atoms with Gasteiger partial charge in [-0.25, -0.2) is 8.78 Å². The molecule has 1 aliphatic rings. The van der Waals surface area contributed by atoms with Crippen molar-refractivity contribution in [2.75, 3.05) is 6.61 Å². The highest BCUT2D eigenvalue weighted by Crippen LogP contribution is 2.43. The van der Waals surface area contributed by atoms with Gasteiger partial charge in [-0.3, -0.25) is 4.79 Å². The number of benzene rings is 1. The van der Waals surface area contributed by atoms with Crippen molar-refractivity contribution in [1.29, 1.82) is 0 Å². The van der Waals surface area contributed by atoms with E-state index in [2.05, 4.69) is 4.37 Å². The number of aromatic nitrogens is 1. The lowest BCUT2D eigenvalue weighted by Gasteiger charge is -2.14. The molecule has 3 rings (SSSR count). The molecule has 170 valence electrons. The highest BCUT2D eigenvalue weighted by atomic mass is 32.1. The lowest BCUT2D eigenvalue weighted by atomic mass is 9.99. The third-order valence-electron chi connectivity index (χ3n) is 5.16. The average Bonchev–Trinajstić information content (AvgIpc) is 3.35. The summed E-state index contributed by atoms with van der Waals surface area (Å²) in [6.07, 6.45) is -1.35. The largest absolute Gasteiger partial charge is 0.483 e. The molecular formula is C21H22F5NO3S. The van der Waals surface area contributed by atoms with E-state index < -0.39 is 41.0 Å². The van der Waals surface area contributed by atoms with Gasteiger partial charge in [0, 0.05) is 17.9 Å². The van der Waals surface area contributed by atoms with Crippen LogP contribution < -0.4 is 4.74 Å². The number of hydrogen-bond donors (Lipinski definition) is 0. The average molecular weight is 463 g/mol. The maximum atomic E-state index is 14.4. The summed E-state index contributed by atoms with van der Waals surface area (Å²) in [5.41, 5.74) is 0.367. The molecule has 1 fully saturated rings. The van der Waals surface area contributed by atoms with Gasteiger partial charge in [0.1, 0.15) is 11.5 Å². The van der Waals surface area contributed by atoms with Crippen molar-refractivity contribution in [1.82, 2.24) is 4.37 Å². The SMILES string of the molecule is CCOC(=O)CCc1cc(F)c(OCc2c(C3CCCC3)nsc2C(F)(F)F)c(F)c1. The maximum Gasteiger partial charge on any atom is 0.427 e. The van der Waals surface area contributed by atoms with Crippen LogP contribution in [0.1, 0.15) is 66.6 Å². The molecule has 1 aromatic carbocycles. The van der Waals surface area contributed by atoms with Crippen molar-refractivity contribution in [3.05, 3.63) is 45.5 Å². The highest BCUT2D eigenvalue weighted by Gasteiger charge is 2.39. The minimum absolute atomic E-state index is 0.0484. The number of alkyl halides is 3. The van der Waals surface area contributed by atoms with Crippen LogP contribution in [0.4, 0.5) is 22.0 Å². The molecule has 31 heavy (non-hydrogen) atoms. The molecule has 0 spiro atoms. The number of carbonyl (C=O) groups is 1. The first-order chi connectivity index (χ1) is 14.7. The van der Waals surface area contributed by atoms with E-state index >= 15 is 0 Å². The second kappa shape index (κ2) is 9.93. The third-order valence-corrected chi connectivity index (χ3v) is 6.11. The summed E-state index contributed by atoms with van der Waals surface area (Å²) >= 11 is 0.343. The first-order valence-electron chi connectivity index (χ1n) is 10.0. The number of hydrogen-bond acceptors (Lipinski definition) is 5. The predicted octanol–water partition coefficient (Wildman–Crippen LogP) is 6.17. The first kappa shape index (κ1) is 23.4. The lowest BCUT2D eigenvalue weighted by molar-refractivity contribution is -0.143. The molecule has 0 amide bonds. The van der Waals surface area contributed by atoms with Crippen molar-refractivity contribution < 1.29 is 36.2 Å². The van der Waals surface area contributed by atoms with Gasteiger partial charge in [-0.05, 0) is 55.4 Å². The standard InChI is InChI=1S/C21H22F5NO3S/c1-2-29-17(28)8-7-12-9-15(22)19(16(23)10-12)30-11-14-18(13-5-3-4-6-13)27-31-20(14)21(24,25)26/h9-10,13H,2-8,11H2,1H3. The Labute approximate surface area is 180 Å². The molecule has 1 saturated carbocycles. The molecule has 0 radical (unpaired) electrons. The molecule has 0 N–H and O–H groups in total. The molecule has 2 aromatic rings. The van der Waals surface area contributed by atoms with Gasteiger partial charge >= 0.3 is 12.1 Å². The third kappa shape index (κ3) is 5.72. The van der Waals surface area contributed by atoms with E-state index in [1.807, 2.05) is 0 Å². The van der Waals surface area contributed by atoms with E-state index in [-0.39, 0.29) is 36.5 Å². The van der Waals surface area contributed by atoms with Gasteiger partial charge in [0.15, 0.2) is 17.4 Å². The molecule has 0 bridgehead atoms. The van der Waals surface area contributed by atoms with Crippen LogP contribution in [0.3, 0.4) is 0 Å². The zero-order chi connectivity index (χ0) is 22.6. The topological polar surface area (TPSA) is 48.4 Å². The summed E-state index contributed by atoms with van der Waals surface area (Å²) in [5.74, 6) is -3.44. The summed E-state index contributed by atoms with van der Waals surface area (Å²) in [7, 11) is 0. The Kier molecular flexibility index (Phi) is 7.51. The Bertz CT molecular complexity index is 899. The van der Waals surface area contributed by atoms with Crippen LogP contribution >= 0.6 is 11.5 Å². The van der Waals surface area contributed by atoms with E-state index in [1.165, 1.54) is 0 Å². The van der Waals surface area contributed by atoms with Gasteiger partial charge < -0.3 is 9.47 Å². The monoisotopic (exact) mass is 463 g/mol. The maximum absolute atomic E-state index is 14.4.